The summed E-state index contributed by atoms with van der Waals surface area (Å²) in [5, 5.41) is 0.555. The van der Waals surface area contributed by atoms with Crippen molar-refractivity contribution in [2.75, 3.05) is 7.05 Å². The van der Waals surface area contributed by atoms with Gasteiger partial charge in [0.1, 0.15) is 5.76 Å². The van der Waals surface area contributed by atoms with Gasteiger partial charge in [0, 0.05) is 23.2 Å². The highest BCUT2D eigenvalue weighted by Gasteiger charge is 2.21. The van der Waals surface area contributed by atoms with Crippen molar-refractivity contribution >= 4 is 23.3 Å². The van der Waals surface area contributed by atoms with E-state index in [9.17, 15) is 9.59 Å². The molecule has 3 aromatic rings. The van der Waals surface area contributed by atoms with Crippen LogP contribution in [0.4, 0.5) is 0 Å². The quantitative estimate of drug-likeness (QED) is 0.637. The van der Waals surface area contributed by atoms with E-state index >= 15 is 0 Å². The van der Waals surface area contributed by atoms with Crippen molar-refractivity contribution in [3.05, 3.63) is 94.4 Å². The van der Waals surface area contributed by atoms with E-state index in [1.807, 2.05) is 0 Å². The van der Waals surface area contributed by atoms with Crippen molar-refractivity contribution in [2.24, 2.45) is 0 Å². The second-order valence-electron chi connectivity index (χ2n) is 5.62. The lowest BCUT2D eigenvalue weighted by Crippen LogP contribution is -2.27. The maximum Gasteiger partial charge on any atom is 0.254 e. The molecule has 0 aliphatic rings. The van der Waals surface area contributed by atoms with Gasteiger partial charge < -0.3 is 9.32 Å². The lowest BCUT2D eigenvalue weighted by molar-refractivity contribution is 0.0771. The fourth-order valence-electron chi connectivity index (χ4n) is 2.54. The molecule has 25 heavy (non-hydrogen) atoms. The third-order valence-corrected chi connectivity index (χ3v) is 4.08. The zero-order valence-electron chi connectivity index (χ0n) is 13.6. The highest BCUT2D eigenvalue weighted by molar-refractivity contribution is 6.30. The second kappa shape index (κ2) is 7.36. The molecule has 2 aromatic carbocycles. The molecule has 5 heteroatoms. The van der Waals surface area contributed by atoms with E-state index in [0.29, 0.717) is 34.0 Å². The number of carbonyl (C=O) groups is 2. The maximum atomic E-state index is 12.8. The van der Waals surface area contributed by atoms with Gasteiger partial charge in [0.05, 0.1) is 18.4 Å². The molecule has 0 unspecified atom stereocenters. The van der Waals surface area contributed by atoms with Crippen molar-refractivity contribution in [1.29, 1.82) is 0 Å². The lowest BCUT2D eigenvalue weighted by Gasteiger charge is -2.17. The van der Waals surface area contributed by atoms with Crippen LogP contribution in [0.15, 0.2) is 71.3 Å². The van der Waals surface area contributed by atoms with Crippen LogP contribution in [0.1, 0.15) is 32.0 Å². The van der Waals surface area contributed by atoms with Crippen LogP contribution in [0, 0.1) is 0 Å². The zero-order chi connectivity index (χ0) is 17.8. The van der Waals surface area contributed by atoms with Gasteiger partial charge in [-0.2, -0.15) is 0 Å². The molecule has 1 heterocycles. The number of nitrogens with zero attached hydrogens (tertiary/aromatic N) is 1. The Morgan fingerprint density at radius 3 is 2.28 bits per heavy atom. The Bertz CT molecular complexity index is 886. The fourth-order valence-corrected chi connectivity index (χ4v) is 2.66. The van der Waals surface area contributed by atoms with Crippen LogP contribution < -0.4 is 0 Å². The first-order chi connectivity index (χ1) is 12.1. The van der Waals surface area contributed by atoms with Gasteiger partial charge in [-0.05, 0) is 42.5 Å². The Morgan fingerprint density at radius 1 is 0.960 bits per heavy atom. The minimum atomic E-state index is -0.241. The number of halogens is 1. The van der Waals surface area contributed by atoms with Crippen LogP contribution in [0.3, 0.4) is 0 Å². The minimum Gasteiger partial charge on any atom is -0.467 e. The molecule has 0 bridgehead atoms. The van der Waals surface area contributed by atoms with Crippen molar-refractivity contribution < 1.29 is 14.0 Å². The van der Waals surface area contributed by atoms with Gasteiger partial charge in [0.15, 0.2) is 5.78 Å². The summed E-state index contributed by atoms with van der Waals surface area (Å²) in [6.07, 6.45) is 1.56. The number of carbonyl (C=O) groups excluding carboxylic acids is 2. The van der Waals surface area contributed by atoms with E-state index in [4.69, 9.17) is 16.0 Å². The normalized spacial score (nSPS) is 10.5. The zero-order valence-corrected chi connectivity index (χ0v) is 14.4. The van der Waals surface area contributed by atoms with E-state index in [-0.39, 0.29) is 11.7 Å². The molecule has 4 nitrogen and oxygen atoms in total. The van der Waals surface area contributed by atoms with Gasteiger partial charge in [-0.15, -0.1) is 0 Å². The number of benzene rings is 2. The summed E-state index contributed by atoms with van der Waals surface area (Å²) in [6, 6.07) is 17.0. The van der Waals surface area contributed by atoms with Gasteiger partial charge in [-0.1, -0.05) is 29.8 Å². The molecule has 0 aliphatic heterocycles. The minimum absolute atomic E-state index is 0.216. The molecule has 1 aromatic heterocycles. The molecule has 126 valence electrons. The number of ketones is 1. The van der Waals surface area contributed by atoms with E-state index in [1.165, 1.54) is 4.90 Å². The Hall–Kier alpha value is -2.85. The van der Waals surface area contributed by atoms with E-state index in [2.05, 4.69) is 0 Å². The Morgan fingerprint density at radius 2 is 1.64 bits per heavy atom. The summed E-state index contributed by atoms with van der Waals surface area (Å²) in [7, 11) is 1.67. The largest absolute Gasteiger partial charge is 0.467 e. The molecule has 0 fully saturated rings. The molecule has 0 radical (unpaired) electrons. The topological polar surface area (TPSA) is 50.5 Å². The van der Waals surface area contributed by atoms with Crippen molar-refractivity contribution in [3.8, 4) is 0 Å². The second-order valence-corrected chi connectivity index (χ2v) is 6.06. The van der Waals surface area contributed by atoms with Crippen LogP contribution in [-0.2, 0) is 6.54 Å². The van der Waals surface area contributed by atoms with Crippen molar-refractivity contribution in [2.45, 2.75) is 6.54 Å². The van der Waals surface area contributed by atoms with Gasteiger partial charge in [0.25, 0.3) is 5.91 Å². The maximum absolute atomic E-state index is 12.8. The number of hydrogen-bond donors (Lipinski definition) is 0. The molecular formula is C20H16ClNO3. The summed E-state index contributed by atoms with van der Waals surface area (Å²) in [5.41, 5.74) is 1.20. The molecule has 0 saturated carbocycles. The van der Waals surface area contributed by atoms with Gasteiger partial charge in [0.2, 0.25) is 0 Å². The highest BCUT2D eigenvalue weighted by Crippen LogP contribution is 2.19. The first-order valence-electron chi connectivity index (χ1n) is 7.73. The number of amides is 1. The Labute approximate surface area is 150 Å². The monoisotopic (exact) mass is 353 g/mol. The number of rotatable bonds is 5. The van der Waals surface area contributed by atoms with Gasteiger partial charge in [-0.3, -0.25) is 9.59 Å². The molecule has 0 atom stereocenters. The average Bonchev–Trinajstić information content (AvgIpc) is 3.14. The molecule has 0 saturated heterocycles. The van der Waals surface area contributed by atoms with Gasteiger partial charge in [-0.25, -0.2) is 0 Å². The summed E-state index contributed by atoms with van der Waals surface area (Å²) in [6.45, 7) is 0.329. The smallest absolute Gasteiger partial charge is 0.254 e. The molecule has 3 rings (SSSR count). The summed E-state index contributed by atoms with van der Waals surface area (Å²) < 4.78 is 5.28. The summed E-state index contributed by atoms with van der Waals surface area (Å²) >= 11 is 5.87. The van der Waals surface area contributed by atoms with E-state index in [1.54, 1.807) is 74.0 Å². The Balaban J connectivity index is 1.88. The van der Waals surface area contributed by atoms with Crippen molar-refractivity contribution in [1.82, 2.24) is 4.90 Å². The van der Waals surface area contributed by atoms with Crippen LogP contribution in [0.25, 0.3) is 0 Å². The van der Waals surface area contributed by atoms with Gasteiger partial charge >= 0.3 is 0 Å². The number of hydrogen-bond acceptors (Lipinski definition) is 3. The standard InChI is InChI=1S/C20H16ClNO3/c1-22(13-16-5-4-12-25-16)20(24)18-7-3-2-6-17(18)19(23)14-8-10-15(21)11-9-14/h2-12H,13H2,1H3. The highest BCUT2D eigenvalue weighted by atomic mass is 35.5. The van der Waals surface area contributed by atoms with E-state index < -0.39 is 0 Å². The lowest BCUT2D eigenvalue weighted by atomic mass is 9.97. The first kappa shape index (κ1) is 17.0. The molecule has 0 N–H and O–H groups in total. The van der Waals surface area contributed by atoms with Crippen LogP contribution in [0.5, 0.6) is 0 Å². The summed E-state index contributed by atoms with van der Waals surface area (Å²) in [5.74, 6) is 0.221. The third kappa shape index (κ3) is 3.80. The molecule has 1 amide bonds. The predicted octanol–water partition coefficient (Wildman–Crippen LogP) is 4.44. The first-order valence-corrected chi connectivity index (χ1v) is 8.11. The molecule has 0 spiro atoms. The Kier molecular flexibility index (Phi) is 5.00. The van der Waals surface area contributed by atoms with Crippen LogP contribution in [0.2, 0.25) is 5.02 Å². The fraction of sp³-hybridized carbons (Fsp3) is 0.100. The van der Waals surface area contributed by atoms with E-state index in [0.717, 1.165) is 0 Å². The summed E-state index contributed by atoms with van der Waals surface area (Å²) in [4.78, 5) is 27.1. The van der Waals surface area contributed by atoms with Crippen molar-refractivity contribution in [3.63, 3.8) is 0 Å². The predicted molar refractivity (Wildman–Crippen MR) is 95.8 cm³/mol. The molecular weight excluding hydrogens is 338 g/mol. The number of furan rings is 1. The van der Waals surface area contributed by atoms with Crippen LogP contribution in [-0.4, -0.2) is 23.6 Å². The SMILES string of the molecule is CN(Cc1ccco1)C(=O)c1ccccc1C(=O)c1ccc(Cl)cc1. The van der Waals surface area contributed by atoms with Crippen LogP contribution >= 0.6 is 11.6 Å². The average molecular weight is 354 g/mol. The molecule has 0 aliphatic carbocycles. The third-order valence-electron chi connectivity index (χ3n) is 3.83.